The minimum absolute atomic E-state index is 0. The molecule has 0 aromatic carbocycles. The van der Waals surface area contributed by atoms with Crippen molar-refractivity contribution < 1.29 is 39.5 Å². The first-order chi connectivity index (χ1) is 10.6. The van der Waals surface area contributed by atoms with Gasteiger partial charge in [-0.25, -0.2) is 0 Å². The van der Waals surface area contributed by atoms with Crippen molar-refractivity contribution in [3.8, 4) is 0 Å². The van der Waals surface area contributed by atoms with Crippen molar-refractivity contribution in [3.63, 3.8) is 0 Å². The Morgan fingerprint density at radius 2 is 1.35 bits per heavy atom. The summed E-state index contributed by atoms with van der Waals surface area (Å²) >= 11 is 0. The summed E-state index contributed by atoms with van der Waals surface area (Å²) < 4.78 is 0. The van der Waals surface area contributed by atoms with E-state index in [4.69, 9.17) is 0 Å². The normalized spacial score (nSPS) is 12.9. The van der Waals surface area contributed by atoms with Gasteiger partial charge in [-0.05, 0) is 71.4 Å². The maximum atomic E-state index is 11.1. The Bertz CT molecular complexity index is 307. The second kappa shape index (κ2) is 18.3. The van der Waals surface area contributed by atoms with Gasteiger partial charge >= 0.3 is 29.6 Å². The molecule has 0 rings (SSSR count). The number of hydrogen-bond donors (Lipinski definition) is 0. The Morgan fingerprint density at radius 1 is 0.913 bits per heavy atom. The summed E-state index contributed by atoms with van der Waals surface area (Å²) in [4.78, 5) is 13.2. The summed E-state index contributed by atoms with van der Waals surface area (Å²) in [5.41, 5.74) is 0. The maximum Gasteiger partial charge on any atom is 1.00 e. The zero-order valence-corrected chi connectivity index (χ0v) is 17.7. The molecule has 0 N–H and O–H groups in total. The molecule has 0 aliphatic heterocycles. The zero-order chi connectivity index (χ0) is 16.6. The van der Waals surface area contributed by atoms with Crippen LogP contribution in [-0.4, -0.2) is 30.0 Å². The first-order valence-corrected chi connectivity index (χ1v) is 8.88. The third kappa shape index (κ3) is 15.2. The number of carboxylic acid groups (broad SMARTS) is 1. The standard InChI is InChI=1S/C19H35NO2.Na/c1-4-6-8-10-12-14-16-20(18(3)19(21)22)17-15-13-11-9-7-5-2;/h6-9,18H,4-5,10-17H2,1-3H3,(H,21,22);/q;+1/p-1/b8-6+,9-7+;. The molecular weight excluding hydrogens is 297 g/mol. The summed E-state index contributed by atoms with van der Waals surface area (Å²) in [5.74, 6) is -0.961. The zero-order valence-electron chi connectivity index (χ0n) is 15.7. The number of carbonyl (C=O) groups is 1. The maximum absolute atomic E-state index is 11.1. The molecule has 128 valence electrons. The van der Waals surface area contributed by atoms with Gasteiger partial charge in [0, 0.05) is 6.04 Å². The van der Waals surface area contributed by atoms with E-state index in [9.17, 15) is 9.90 Å². The molecule has 0 heterocycles. The van der Waals surface area contributed by atoms with E-state index in [-0.39, 0.29) is 29.6 Å². The third-order valence-corrected chi connectivity index (χ3v) is 3.83. The van der Waals surface area contributed by atoms with Gasteiger partial charge in [-0.3, -0.25) is 4.90 Å². The van der Waals surface area contributed by atoms with Gasteiger partial charge in [-0.1, -0.05) is 38.2 Å². The average molecular weight is 331 g/mol. The van der Waals surface area contributed by atoms with Crippen LogP contribution in [-0.2, 0) is 4.79 Å². The Hall–Kier alpha value is -0.0900. The number of rotatable bonds is 14. The largest absolute Gasteiger partial charge is 1.00 e. The SMILES string of the molecule is CC/C=C/CCCCN(CCCC/C=C/CC)C(C)C(=O)[O-].[Na+]. The van der Waals surface area contributed by atoms with Crippen LogP contribution < -0.4 is 34.7 Å². The molecule has 1 unspecified atom stereocenters. The van der Waals surface area contributed by atoms with Crippen LogP contribution in [0.1, 0.15) is 72.1 Å². The van der Waals surface area contributed by atoms with Crippen molar-refractivity contribution in [1.29, 1.82) is 0 Å². The molecule has 0 spiro atoms. The predicted molar refractivity (Wildman–Crippen MR) is 92.6 cm³/mol. The summed E-state index contributed by atoms with van der Waals surface area (Å²) in [6.07, 6.45) is 17.5. The fourth-order valence-corrected chi connectivity index (χ4v) is 2.37. The second-order valence-corrected chi connectivity index (χ2v) is 5.78. The molecule has 23 heavy (non-hydrogen) atoms. The van der Waals surface area contributed by atoms with Crippen molar-refractivity contribution in [2.45, 2.75) is 78.2 Å². The predicted octanol–water partition coefficient (Wildman–Crippen LogP) is 0.704. The molecular formula is C19H34NNaO2. The van der Waals surface area contributed by atoms with Crippen molar-refractivity contribution in [2.24, 2.45) is 0 Å². The Labute approximate surface area is 165 Å². The van der Waals surface area contributed by atoms with Crippen LogP contribution in [0.4, 0.5) is 0 Å². The van der Waals surface area contributed by atoms with Crippen LogP contribution in [0.2, 0.25) is 0 Å². The number of hydrogen-bond acceptors (Lipinski definition) is 3. The quantitative estimate of drug-likeness (QED) is 0.267. The van der Waals surface area contributed by atoms with Crippen molar-refractivity contribution in [2.75, 3.05) is 13.1 Å². The molecule has 0 aliphatic carbocycles. The minimum Gasteiger partial charge on any atom is -0.548 e. The number of allylic oxidation sites excluding steroid dienone is 4. The van der Waals surface area contributed by atoms with Gasteiger partial charge in [-0.2, -0.15) is 0 Å². The van der Waals surface area contributed by atoms with Gasteiger partial charge in [0.1, 0.15) is 0 Å². The fourth-order valence-electron chi connectivity index (χ4n) is 2.37. The second-order valence-electron chi connectivity index (χ2n) is 5.78. The topological polar surface area (TPSA) is 43.4 Å². The third-order valence-electron chi connectivity index (χ3n) is 3.83. The Morgan fingerprint density at radius 3 is 1.70 bits per heavy atom. The van der Waals surface area contributed by atoms with Crippen LogP contribution in [0.3, 0.4) is 0 Å². The van der Waals surface area contributed by atoms with E-state index >= 15 is 0 Å². The van der Waals surface area contributed by atoms with Crippen LogP contribution >= 0.6 is 0 Å². The van der Waals surface area contributed by atoms with Crippen LogP contribution in [0.15, 0.2) is 24.3 Å². The molecule has 0 amide bonds. The fraction of sp³-hybridized carbons (Fsp3) is 0.737. The molecule has 0 saturated carbocycles. The van der Waals surface area contributed by atoms with Crippen LogP contribution in [0.5, 0.6) is 0 Å². The number of nitrogens with zero attached hydrogens (tertiary/aromatic N) is 1. The molecule has 0 aromatic rings. The van der Waals surface area contributed by atoms with E-state index < -0.39 is 12.0 Å². The average Bonchev–Trinajstić information content (AvgIpc) is 2.51. The number of unbranched alkanes of at least 4 members (excludes halogenated alkanes) is 4. The molecule has 0 radical (unpaired) electrons. The van der Waals surface area contributed by atoms with E-state index in [1.165, 1.54) is 0 Å². The Balaban J connectivity index is 0. The van der Waals surface area contributed by atoms with Gasteiger partial charge in [-0.15, -0.1) is 0 Å². The summed E-state index contributed by atoms with van der Waals surface area (Å²) in [7, 11) is 0. The van der Waals surface area contributed by atoms with Crippen molar-refractivity contribution in [3.05, 3.63) is 24.3 Å². The molecule has 0 bridgehead atoms. The van der Waals surface area contributed by atoms with Crippen molar-refractivity contribution >= 4 is 5.97 Å². The molecule has 4 heteroatoms. The van der Waals surface area contributed by atoms with E-state index in [0.717, 1.165) is 64.5 Å². The van der Waals surface area contributed by atoms with Gasteiger partial charge in [0.25, 0.3) is 0 Å². The smallest absolute Gasteiger partial charge is 0.548 e. The van der Waals surface area contributed by atoms with E-state index in [1.54, 1.807) is 6.92 Å². The van der Waals surface area contributed by atoms with Crippen molar-refractivity contribution in [1.82, 2.24) is 4.90 Å². The number of carbonyl (C=O) groups excluding carboxylic acids is 1. The minimum atomic E-state index is -0.961. The molecule has 1 atom stereocenters. The van der Waals surface area contributed by atoms with E-state index in [0.29, 0.717) is 0 Å². The van der Waals surface area contributed by atoms with Crippen LogP contribution in [0, 0.1) is 0 Å². The molecule has 0 aliphatic rings. The number of aliphatic carboxylic acids is 1. The van der Waals surface area contributed by atoms with Gasteiger partial charge in [0.15, 0.2) is 0 Å². The first kappa shape index (κ1) is 25.2. The molecule has 3 nitrogen and oxygen atoms in total. The molecule has 0 fully saturated rings. The van der Waals surface area contributed by atoms with E-state index in [1.807, 2.05) is 0 Å². The van der Waals surface area contributed by atoms with Gasteiger partial charge in [0.05, 0.1) is 5.97 Å². The van der Waals surface area contributed by atoms with E-state index in [2.05, 4.69) is 43.1 Å². The Kier molecular flexibility index (Phi) is 20.0. The van der Waals surface area contributed by atoms with Crippen LogP contribution in [0.25, 0.3) is 0 Å². The number of carboxylic acids is 1. The molecule has 0 saturated heterocycles. The molecule has 0 aromatic heterocycles. The van der Waals surface area contributed by atoms with Gasteiger partial charge in [0.2, 0.25) is 0 Å². The monoisotopic (exact) mass is 331 g/mol. The first-order valence-electron chi connectivity index (χ1n) is 8.88. The summed E-state index contributed by atoms with van der Waals surface area (Å²) in [5, 5.41) is 11.1. The van der Waals surface area contributed by atoms with Gasteiger partial charge < -0.3 is 9.90 Å². The summed E-state index contributed by atoms with van der Waals surface area (Å²) in [6.45, 7) is 7.70. The summed E-state index contributed by atoms with van der Waals surface area (Å²) in [6, 6.07) is -0.489.